The van der Waals surface area contributed by atoms with Crippen molar-refractivity contribution < 1.29 is 27.5 Å². The Balaban J connectivity index is 0.000000311. The van der Waals surface area contributed by atoms with Crippen LogP contribution in [0.1, 0.15) is 34.8 Å². The highest BCUT2D eigenvalue weighted by Crippen LogP contribution is 2.19. The number of ether oxygens (including phenoxy) is 2. The molecule has 0 aliphatic rings. The minimum atomic E-state index is -3.47. The van der Waals surface area contributed by atoms with Crippen molar-refractivity contribution >= 4 is 65.2 Å². The number of rotatable bonds is 6. The summed E-state index contributed by atoms with van der Waals surface area (Å²) in [5.41, 5.74) is 6.02. The van der Waals surface area contributed by atoms with Gasteiger partial charge in [0.05, 0.1) is 30.8 Å². The van der Waals surface area contributed by atoms with Crippen LogP contribution in [0.15, 0.2) is 33.5 Å². The van der Waals surface area contributed by atoms with E-state index < -0.39 is 22.0 Å². The molecule has 0 amide bonds. The third-order valence-corrected chi connectivity index (χ3v) is 4.46. The number of anilines is 2. The first-order chi connectivity index (χ1) is 14.0. The molecule has 0 aromatic carbocycles. The summed E-state index contributed by atoms with van der Waals surface area (Å²) < 4.78 is 35.0. The molecule has 10 nitrogen and oxygen atoms in total. The summed E-state index contributed by atoms with van der Waals surface area (Å²) in [6.07, 6.45) is 0.990. The van der Waals surface area contributed by atoms with Gasteiger partial charge in [0.15, 0.2) is 11.4 Å². The zero-order valence-corrected chi connectivity index (χ0v) is 20.3. The van der Waals surface area contributed by atoms with Crippen LogP contribution in [0.2, 0.25) is 0 Å². The number of carbonyl (C=O) groups is 2. The lowest BCUT2D eigenvalue weighted by Crippen LogP contribution is -2.16. The fourth-order valence-electron chi connectivity index (χ4n) is 1.88. The van der Waals surface area contributed by atoms with Crippen LogP contribution in [0.4, 0.5) is 11.4 Å². The van der Waals surface area contributed by atoms with Crippen molar-refractivity contribution in [2.45, 2.75) is 13.8 Å². The van der Waals surface area contributed by atoms with E-state index in [1.807, 2.05) is 0 Å². The molecule has 0 bridgehead atoms. The Morgan fingerprint density at radius 1 is 0.967 bits per heavy atom. The van der Waals surface area contributed by atoms with Crippen LogP contribution in [-0.4, -0.2) is 49.8 Å². The van der Waals surface area contributed by atoms with Gasteiger partial charge in [-0.2, -0.15) is 0 Å². The zero-order valence-electron chi connectivity index (χ0n) is 16.3. The second-order valence-corrected chi connectivity index (χ2v) is 8.79. The molecule has 2 heterocycles. The van der Waals surface area contributed by atoms with Crippen molar-refractivity contribution in [1.29, 1.82) is 0 Å². The van der Waals surface area contributed by atoms with Crippen molar-refractivity contribution in [1.82, 2.24) is 9.97 Å². The van der Waals surface area contributed by atoms with E-state index in [1.165, 1.54) is 12.1 Å². The molecule has 0 radical (unpaired) electrons. The molecule has 0 fully saturated rings. The predicted molar refractivity (Wildman–Crippen MR) is 119 cm³/mol. The second kappa shape index (κ2) is 11.8. The van der Waals surface area contributed by atoms with E-state index in [-0.39, 0.29) is 23.7 Å². The molecule has 0 unspecified atom stereocenters. The Morgan fingerprint density at radius 3 is 1.93 bits per heavy atom. The van der Waals surface area contributed by atoms with E-state index in [9.17, 15) is 18.0 Å². The fraction of sp³-hybridized carbons (Fsp3) is 0.294. The number of carbonyl (C=O) groups excluding carboxylic acids is 2. The van der Waals surface area contributed by atoms with Gasteiger partial charge in [-0.1, -0.05) is 0 Å². The number of esters is 2. The maximum absolute atomic E-state index is 11.6. The first kappa shape index (κ1) is 25.8. The number of nitrogens with two attached hydrogens (primary N) is 1. The van der Waals surface area contributed by atoms with Crippen LogP contribution in [0, 0.1) is 0 Å². The van der Waals surface area contributed by atoms with E-state index in [4.69, 9.17) is 15.2 Å². The summed E-state index contributed by atoms with van der Waals surface area (Å²) in [5.74, 6) is -1.18. The van der Waals surface area contributed by atoms with Crippen molar-refractivity contribution in [3.8, 4) is 0 Å². The van der Waals surface area contributed by atoms with Gasteiger partial charge in [0.2, 0.25) is 10.0 Å². The quantitative estimate of drug-likeness (QED) is 0.396. The van der Waals surface area contributed by atoms with E-state index in [2.05, 4.69) is 46.5 Å². The van der Waals surface area contributed by atoms with E-state index in [0.717, 1.165) is 6.26 Å². The van der Waals surface area contributed by atoms with E-state index in [0.29, 0.717) is 21.5 Å². The second-order valence-electron chi connectivity index (χ2n) is 5.42. The number of sulfonamides is 1. The van der Waals surface area contributed by atoms with Gasteiger partial charge in [0.25, 0.3) is 0 Å². The smallest absolute Gasteiger partial charge is 0.359 e. The standard InChI is InChI=1S/C9H11BrN2O4S.C8H9BrN2O2/c1-3-16-9(13)8-6(12-17(2,14)15)4-5-7(10)11-8;1-2-13-8(12)7-5(10)3-4-6(9)11-7/h4-5,12H,3H2,1-2H3;3-4H,2,10H2,1H3. The average molecular weight is 568 g/mol. The summed E-state index contributed by atoms with van der Waals surface area (Å²) in [7, 11) is -3.47. The summed E-state index contributed by atoms with van der Waals surface area (Å²) >= 11 is 6.24. The highest BCUT2D eigenvalue weighted by atomic mass is 79.9. The number of pyridine rings is 2. The molecule has 0 saturated carbocycles. The minimum absolute atomic E-state index is 0.0772. The normalized spacial score (nSPS) is 10.4. The van der Waals surface area contributed by atoms with Crippen LogP contribution in [-0.2, 0) is 19.5 Å². The van der Waals surface area contributed by atoms with E-state index >= 15 is 0 Å². The Hall–Kier alpha value is -2.25. The van der Waals surface area contributed by atoms with Crippen molar-refractivity contribution in [2.24, 2.45) is 0 Å². The summed E-state index contributed by atoms with van der Waals surface area (Å²) in [5, 5.41) is 0. The van der Waals surface area contributed by atoms with E-state index in [1.54, 1.807) is 26.0 Å². The van der Waals surface area contributed by atoms with Gasteiger partial charge >= 0.3 is 11.9 Å². The largest absolute Gasteiger partial charge is 0.461 e. The molecular formula is C17H20Br2N4O6S. The summed E-state index contributed by atoms with van der Waals surface area (Å²) in [4.78, 5) is 30.6. The number of aromatic nitrogens is 2. The third kappa shape index (κ3) is 8.63. The number of nitrogens with zero attached hydrogens (tertiary/aromatic N) is 2. The fourth-order valence-corrected chi connectivity index (χ4v) is 3.06. The maximum atomic E-state index is 11.6. The van der Waals surface area contributed by atoms with Gasteiger partial charge in [-0.25, -0.2) is 28.0 Å². The molecule has 2 aromatic heterocycles. The van der Waals surface area contributed by atoms with Crippen LogP contribution in [0.5, 0.6) is 0 Å². The summed E-state index contributed by atoms with van der Waals surface area (Å²) in [6.45, 7) is 3.88. The third-order valence-electron chi connectivity index (χ3n) is 2.99. The van der Waals surface area contributed by atoms with Crippen molar-refractivity contribution in [3.05, 3.63) is 44.9 Å². The van der Waals surface area contributed by atoms with Crippen molar-refractivity contribution in [2.75, 3.05) is 29.9 Å². The molecule has 0 spiro atoms. The lowest BCUT2D eigenvalue weighted by molar-refractivity contribution is 0.0511. The predicted octanol–water partition coefficient (Wildman–Crippen LogP) is 3.00. The lowest BCUT2D eigenvalue weighted by Gasteiger charge is -2.09. The topological polar surface area (TPSA) is 151 Å². The molecule has 0 aliphatic heterocycles. The molecule has 3 N–H and O–H groups in total. The van der Waals surface area contributed by atoms with Gasteiger partial charge in [-0.3, -0.25) is 4.72 Å². The highest BCUT2D eigenvalue weighted by Gasteiger charge is 2.17. The Labute approximate surface area is 190 Å². The summed E-state index contributed by atoms with van der Waals surface area (Å²) in [6, 6.07) is 6.22. The molecule has 164 valence electrons. The SMILES string of the molecule is CCOC(=O)c1nc(Br)ccc1N.CCOC(=O)c1nc(Br)ccc1NS(C)(=O)=O. The Kier molecular flexibility index (Phi) is 10.2. The van der Waals surface area contributed by atoms with Crippen LogP contribution in [0.25, 0.3) is 0 Å². The monoisotopic (exact) mass is 566 g/mol. The minimum Gasteiger partial charge on any atom is -0.461 e. The molecule has 13 heteroatoms. The Bertz CT molecular complexity index is 1020. The molecule has 0 saturated heterocycles. The lowest BCUT2D eigenvalue weighted by atomic mass is 10.3. The van der Waals surface area contributed by atoms with Gasteiger partial charge < -0.3 is 15.2 Å². The molecule has 0 atom stereocenters. The van der Waals surface area contributed by atoms with Crippen LogP contribution in [0.3, 0.4) is 0 Å². The van der Waals surface area contributed by atoms with Gasteiger partial charge in [-0.15, -0.1) is 0 Å². The number of hydrogen-bond donors (Lipinski definition) is 2. The van der Waals surface area contributed by atoms with Crippen LogP contribution < -0.4 is 10.5 Å². The first-order valence-electron chi connectivity index (χ1n) is 8.39. The number of halogens is 2. The number of hydrogen-bond acceptors (Lipinski definition) is 9. The van der Waals surface area contributed by atoms with Gasteiger partial charge in [0.1, 0.15) is 9.21 Å². The van der Waals surface area contributed by atoms with Crippen LogP contribution >= 0.6 is 31.9 Å². The maximum Gasteiger partial charge on any atom is 0.359 e. The zero-order chi connectivity index (χ0) is 22.9. The first-order valence-corrected chi connectivity index (χ1v) is 11.9. The molecule has 0 aliphatic carbocycles. The molecular weight excluding hydrogens is 548 g/mol. The van der Waals surface area contributed by atoms with Gasteiger partial charge in [-0.05, 0) is 70.0 Å². The number of nitrogens with one attached hydrogen (secondary N) is 1. The molecule has 30 heavy (non-hydrogen) atoms. The van der Waals surface area contributed by atoms with Gasteiger partial charge in [0, 0.05) is 0 Å². The highest BCUT2D eigenvalue weighted by molar-refractivity contribution is 9.10. The molecule has 2 aromatic rings. The number of nitrogen functional groups attached to an aromatic ring is 1. The molecule has 2 rings (SSSR count). The Morgan fingerprint density at radius 2 is 1.43 bits per heavy atom. The van der Waals surface area contributed by atoms with Crippen molar-refractivity contribution in [3.63, 3.8) is 0 Å². The average Bonchev–Trinajstić information content (AvgIpc) is 2.65.